The fourth-order valence-electron chi connectivity index (χ4n) is 2.24. The molecular weight excluding hydrogens is 465 g/mol. The zero-order chi connectivity index (χ0) is 18.2. The van der Waals surface area contributed by atoms with Crippen LogP contribution in [-0.4, -0.2) is 46.0 Å². The third kappa shape index (κ3) is 6.80. The average molecular weight is 493 g/mol. The predicted octanol–water partition coefficient (Wildman–Crippen LogP) is 2.09. The highest BCUT2D eigenvalue weighted by atomic mass is 127. The van der Waals surface area contributed by atoms with Crippen molar-refractivity contribution in [1.29, 1.82) is 0 Å². The Kier molecular flexibility index (Phi) is 10.0. The number of aliphatic imine (C=N–C) groups is 1. The van der Waals surface area contributed by atoms with E-state index >= 15 is 0 Å². The second-order valence-corrected chi connectivity index (χ2v) is 7.04. The van der Waals surface area contributed by atoms with Crippen molar-refractivity contribution >= 4 is 41.3 Å². The number of aromatic nitrogens is 4. The van der Waals surface area contributed by atoms with Crippen LogP contribution in [-0.2, 0) is 24.9 Å². The van der Waals surface area contributed by atoms with E-state index < -0.39 is 0 Å². The minimum atomic E-state index is 0. The van der Waals surface area contributed by atoms with Crippen LogP contribution < -0.4 is 10.6 Å². The van der Waals surface area contributed by atoms with Gasteiger partial charge in [0.2, 0.25) is 0 Å². The van der Waals surface area contributed by atoms with Gasteiger partial charge in [0.15, 0.2) is 11.8 Å². The van der Waals surface area contributed by atoms with E-state index in [4.69, 9.17) is 4.74 Å². The van der Waals surface area contributed by atoms with Gasteiger partial charge in [-0.3, -0.25) is 0 Å². The number of ether oxygens (including phenoxy) is 1. The Morgan fingerprint density at radius 1 is 1.23 bits per heavy atom. The number of nitrogens with zero attached hydrogens (tertiary/aromatic N) is 5. The minimum absolute atomic E-state index is 0. The predicted molar refractivity (Wildman–Crippen MR) is 115 cm³/mol. The number of hydrogen-bond donors (Lipinski definition) is 2. The molecule has 2 rings (SSSR count). The third-order valence-electron chi connectivity index (χ3n) is 3.79. The van der Waals surface area contributed by atoms with Crippen LogP contribution in [0.5, 0.6) is 0 Å². The zero-order valence-electron chi connectivity index (χ0n) is 16.0. The highest BCUT2D eigenvalue weighted by Gasteiger charge is 2.08. The maximum absolute atomic E-state index is 5.09. The van der Waals surface area contributed by atoms with Crippen molar-refractivity contribution in [3.8, 4) is 0 Å². The molecule has 26 heavy (non-hydrogen) atoms. The van der Waals surface area contributed by atoms with E-state index in [9.17, 15) is 0 Å². The van der Waals surface area contributed by atoms with Crippen molar-refractivity contribution in [3.63, 3.8) is 0 Å². The van der Waals surface area contributed by atoms with Gasteiger partial charge in [0.1, 0.15) is 12.4 Å². The molecule has 2 aromatic rings. The quantitative estimate of drug-likeness (QED) is 0.254. The molecule has 0 aliphatic rings. The van der Waals surface area contributed by atoms with Gasteiger partial charge in [-0.25, -0.2) is 9.98 Å². The van der Waals surface area contributed by atoms with Crippen molar-refractivity contribution in [1.82, 2.24) is 30.4 Å². The number of rotatable bonds is 8. The molecule has 0 radical (unpaired) electrons. The van der Waals surface area contributed by atoms with Gasteiger partial charge in [-0.1, -0.05) is 0 Å². The van der Waals surface area contributed by atoms with E-state index in [-0.39, 0.29) is 24.0 Å². The molecule has 0 saturated carbocycles. The molecule has 0 aliphatic heterocycles. The Morgan fingerprint density at radius 3 is 2.58 bits per heavy atom. The number of nitrogens with one attached hydrogen (secondary N) is 2. The molecule has 146 valence electrons. The van der Waals surface area contributed by atoms with Gasteiger partial charge >= 0.3 is 0 Å². The number of thiazole rings is 1. The number of guanidine groups is 1. The summed E-state index contributed by atoms with van der Waals surface area (Å²) in [7, 11) is 3.65. The molecule has 0 atom stereocenters. The van der Waals surface area contributed by atoms with Crippen LogP contribution in [0.1, 0.15) is 33.6 Å². The van der Waals surface area contributed by atoms with Gasteiger partial charge in [0.25, 0.3) is 0 Å². The molecule has 0 unspecified atom stereocenters. The summed E-state index contributed by atoms with van der Waals surface area (Å²) in [6.45, 7) is 8.66. The van der Waals surface area contributed by atoms with Gasteiger partial charge in [-0.15, -0.1) is 45.5 Å². The van der Waals surface area contributed by atoms with Crippen LogP contribution in [0.25, 0.3) is 0 Å². The summed E-state index contributed by atoms with van der Waals surface area (Å²) >= 11 is 1.71. The summed E-state index contributed by atoms with van der Waals surface area (Å²) < 4.78 is 7.04. The number of methoxy groups -OCH3 is 1. The molecule has 2 N–H and O–H groups in total. The normalized spacial score (nSPS) is 11.3. The molecule has 10 heteroatoms. The summed E-state index contributed by atoms with van der Waals surface area (Å²) in [6.07, 6.45) is 0.916. The van der Waals surface area contributed by atoms with Crippen LogP contribution in [0, 0.1) is 20.8 Å². The van der Waals surface area contributed by atoms with Crippen molar-refractivity contribution in [2.24, 2.45) is 12.0 Å². The lowest BCUT2D eigenvalue weighted by molar-refractivity contribution is 0.195. The highest BCUT2D eigenvalue weighted by molar-refractivity contribution is 14.0. The molecule has 0 aromatic carbocycles. The van der Waals surface area contributed by atoms with Crippen molar-refractivity contribution in [2.45, 2.75) is 40.3 Å². The first-order valence-corrected chi connectivity index (χ1v) is 9.11. The topological polar surface area (TPSA) is 89.2 Å². The lowest BCUT2D eigenvalue weighted by atomic mass is 10.4. The second kappa shape index (κ2) is 11.4. The standard InChI is InChI=1S/C16H27N7OS.HI/c1-11-14(25-13(3)20-11)9-18-16(17-7-6-8-24-5)19-10-15-22-21-12(2)23(15)4;/h6-10H2,1-5H3,(H2,17,18,19);1H. The first kappa shape index (κ1) is 22.8. The van der Waals surface area contributed by atoms with E-state index in [0.717, 1.165) is 47.9 Å². The lowest BCUT2D eigenvalue weighted by Crippen LogP contribution is -2.37. The molecule has 0 saturated heterocycles. The number of halogens is 1. The summed E-state index contributed by atoms with van der Waals surface area (Å²) in [6, 6.07) is 0. The Hall–Kier alpha value is -1.27. The fourth-order valence-corrected chi connectivity index (χ4v) is 3.11. The second-order valence-electron chi connectivity index (χ2n) is 5.76. The molecular formula is C16H28IN7OS. The van der Waals surface area contributed by atoms with Crippen LogP contribution in [0.15, 0.2) is 4.99 Å². The zero-order valence-corrected chi connectivity index (χ0v) is 19.1. The van der Waals surface area contributed by atoms with Gasteiger partial charge in [0.05, 0.1) is 17.2 Å². The van der Waals surface area contributed by atoms with Crippen molar-refractivity contribution in [2.75, 3.05) is 20.3 Å². The van der Waals surface area contributed by atoms with Gasteiger partial charge < -0.3 is 19.9 Å². The molecule has 0 bridgehead atoms. The van der Waals surface area contributed by atoms with Gasteiger partial charge in [-0.2, -0.15) is 0 Å². The molecule has 0 fully saturated rings. The maximum atomic E-state index is 5.09. The molecule has 0 spiro atoms. The summed E-state index contributed by atoms with van der Waals surface area (Å²) in [5.74, 6) is 2.46. The fraction of sp³-hybridized carbons (Fsp3) is 0.625. The number of aryl methyl sites for hydroxylation is 3. The molecule has 2 heterocycles. The van der Waals surface area contributed by atoms with Gasteiger partial charge in [0, 0.05) is 32.2 Å². The monoisotopic (exact) mass is 493 g/mol. The van der Waals surface area contributed by atoms with Crippen LogP contribution in [0.4, 0.5) is 0 Å². The van der Waals surface area contributed by atoms with Crippen molar-refractivity contribution in [3.05, 3.63) is 27.2 Å². The molecule has 0 amide bonds. The SMILES string of the molecule is COCCCNC(=NCc1nnc(C)n1C)NCc1sc(C)nc1C.I. The van der Waals surface area contributed by atoms with E-state index in [1.807, 2.05) is 32.4 Å². The van der Waals surface area contributed by atoms with Crippen LogP contribution in [0.2, 0.25) is 0 Å². The average Bonchev–Trinajstić information content (AvgIpc) is 3.08. The number of hydrogen-bond acceptors (Lipinski definition) is 6. The molecule has 0 aliphatic carbocycles. The first-order valence-electron chi connectivity index (χ1n) is 8.30. The first-order chi connectivity index (χ1) is 12.0. The van der Waals surface area contributed by atoms with Crippen molar-refractivity contribution < 1.29 is 4.74 Å². The Balaban J connectivity index is 0.00000338. The maximum Gasteiger partial charge on any atom is 0.192 e. The Morgan fingerprint density at radius 2 is 2.00 bits per heavy atom. The smallest absolute Gasteiger partial charge is 0.192 e. The Bertz CT molecular complexity index is 714. The Labute approximate surface area is 175 Å². The van der Waals surface area contributed by atoms with Crippen LogP contribution >= 0.6 is 35.3 Å². The van der Waals surface area contributed by atoms with Crippen LogP contribution in [0.3, 0.4) is 0 Å². The van der Waals surface area contributed by atoms with E-state index in [1.165, 1.54) is 4.88 Å². The lowest BCUT2D eigenvalue weighted by Gasteiger charge is -2.12. The van der Waals surface area contributed by atoms with E-state index in [0.29, 0.717) is 13.1 Å². The van der Waals surface area contributed by atoms with E-state index in [2.05, 4.69) is 30.8 Å². The molecule has 8 nitrogen and oxygen atoms in total. The third-order valence-corrected chi connectivity index (χ3v) is 4.87. The van der Waals surface area contributed by atoms with Gasteiger partial charge in [-0.05, 0) is 27.2 Å². The molecule has 2 aromatic heterocycles. The highest BCUT2D eigenvalue weighted by Crippen LogP contribution is 2.16. The summed E-state index contributed by atoms with van der Waals surface area (Å²) in [4.78, 5) is 10.3. The van der Waals surface area contributed by atoms with E-state index in [1.54, 1.807) is 18.4 Å². The summed E-state index contributed by atoms with van der Waals surface area (Å²) in [5, 5.41) is 16.0. The minimum Gasteiger partial charge on any atom is -0.385 e. The largest absolute Gasteiger partial charge is 0.385 e. The summed E-state index contributed by atoms with van der Waals surface area (Å²) in [5.41, 5.74) is 1.07.